The topological polar surface area (TPSA) is 51.8 Å². The van der Waals surface area contributed by atoms with E-state index in [0.29, 0.717) is 17.5 Å². The van der Waals surface area contributed by atoms with E-state index >= 15 is 0 Å². The molecule has 0 saturated heterocycles. The average molecular weight is 734 g/mol. The summed E-state index contributed by atoms with van der Waals surface area (Å²) >= 11 is 1.86. The summed E-state index contributed by atoms with van der Waals surface area (Å²) in [5.74, 6) is 1.83. The van der Waals surface area contributed by atoms with Crippen molar-refractivity contribution in [1.82, 2.24) is 15.0 Å². The van der Waals surface area contributed by atoms with Crippen LogP contribution in [0.4, 0.5) is 0 Å². The molecule has 11 aromatic rings. The Morgan fingerprint density at radius 2 is 0.911 bits per heavy atom. The molecular formula is C51H31N3OS. The van der Waals surface area contributed by atoms with Crippen LogP contribution in [0, 0.1) is 0 Å². The van der Waals surface area contributed by atoms with E-state index in [1.165, 1.54) is 42.4 Å². The third-order valence-electron chi connectivity index (χ3n) is 10.6. The lowest BCUT2D eigenvalue weighted by molar-refractivity contribution is 0.669. The number of nitrogens with zero attached hydrogens (tertiary/aromatic N) is 3. The number of hydrogen-bond donors (Lipinski definition) is 0. The summed E-state index contributed by atoms with van der Waals surface area (Å²) in [6.07, 6.45) is 0. The molecule has 0 N–H and O–H groups in total. The fraction of sp³-hybridized carbons (Fsp3) is 0. The summed E-state index contributed by atoms with van der Waals surface area (Å²) in [5, 5.41) is 4.53. The molecule has 0 fully saturated rings. The molecule has 8 aromatic carbocycles. The van der Waals surface area contributed by atoms with Gasteiger partial charge in [-0.15, -0.1) is 11.3 Å². The molecule has 0 unspecified atom stereocenters. The van der Waals surface area contributed by atoms with Gasteiger partial charge in [0.25, 0.3) is 0 Å². The second-order valence-corrected chi connectivity index (χ2v) is 15.0. The molecule has 0 amide bonds. The highest BCUT2D eigenvalue weighted by Gasteiger charge is 2.20. The predicted octanol–water partition coefficient (Wildman–Crippen LogP) is 14.1. The lowest BCUT2D eigenvalue weighted by Gasteiger charge is -2.11. The Hall–Kier alpha value is -7.21. The number of fused-ring (bicyclic) bond motifs is 6. The molecule has 0 aliphatic rings. The van der Waals surface area contributed by atoms with E-state index in [4.69, 9.17) is 19.4 Å². The van der Waals surface area contributed by atoms with Crippen molar-refractivity contribution in [3.05, 3.63) is 188 Å². The van der Waals surface area contributed by atoms with E-state index in [-0.39, 0.29) is 0 Å². The van der Waals surface area contributed by atoms with Gasteiger partial charge in [-0.3, -0.25) is 0 Å². The standard InChI is InChI=1S/C51H31N3OS/c1-4-13-32(14-5-1)33-23-25-36(26-24-33)50-52-49(35-17-8-3-9-18-35)53-51(54-50)41-20-12-21-44-46(41)42-31-37(27-30-43(42)55-44)38-28-29-39(34-15-6-2-7-16-34)48-47(38)40-19-10-11-22-45(40)56-48/h1-31H. The van der Waals surface area contributed by atoms with Gasteiger partial charge < -0.3 is 4.42 Å². The Kier molecular flexibility index (Phi) is 7.64. The zero-order valence-electron chi connectivity index (χ0n) is 30.1. The molecule has 0 radical (unpaired) electrons. The van der Waals surface area contributed by atoms with Crippen LogP contribution in [0.3, 0.4) is 0 Å². The summed E-state index contributed by atoms with van der Waals surface area (Å²) in [5.41, 5.74) is 11.4. The predicted molar refractivity (Wildman–Crippen MR) is 233 cm³/mol. The fourth-order valence-corrected chi connectivity index (χ4v) is 9.14. The molecule has 0 aliphatic heterocycles. The van der Waals surface area contributed by atoms with Crippen molar-refractivity contribution in [3.8, 4) is 67.5 Å². The zero-order chi connectivity index (χ0) is 37.0. The third-order valence-corrected chi connectivity index (χ3v) is 11.8. The van der Waals surface area contributed by atoms with Gasteiger partial charge in [-0.05, 0) is 57.6 Å². The number of benzene rings is 8. The van der Waals surface area contributed by atoms with E-state index in [9.17, 15) is 0 Å². The highest BCUT2D eigenvalue weighted by Crippen LogP contribution is 2.46. The first-order valence-electron chi connectivity index (χ1n) is 18.7. The van der Waals surface area contributed by atoms with Crippen LogP contribution in [-0.4, -0.2) is 15.0 Å². The summed E-state index contributed by atoms with van der Waals surface area (Å²) in [7, 11) is 0. The highest BCUT2D eigenvalue weighted by atomic mass is 32.1. The van der Waals surface area contributed by atoms with Gasteiger partial charge in [0.1, 0.15) is 11.2 Å². The highest BCUT2D eigenvalue weighted by molar-refractivity contribution is 7.26. The van der Waals surface area contributed by atoms with E-state index < -0.39 is 0 Å². The summed E-state index contributed by atoms with van der Waals surface area (Å²) in [6.45, 7) is 0. The van der Waals surface area contributed by atoms with E-state index in [2.05, 4.69) is 140 Å². The van der Waals surface area contributed by atoms with Crippen LogP contribution in [0.5, 0.6) is 0 Å². The maximum absolute atomic E-state index is 6.54. The van der Waals surface area contributed by atoms with Crippen LogP contribution in [0.1, 0.15) is 0 Å². The first-order valence-corrected chi connectivity index (χ1v) is 19.5. The molecule has 0 saturated carbocycles. The van der Waals surface area contributed by atoms with Gasteiger partial charge in [-0.1, -0.05) is 164 Å². The number of rotatable bonds is 6. The molecule has 0 spiro atoms. The summed E-state index contributed by atoms with van der Waals surface area (Å²) in [6, 6.07) is 65.6. The molecule has 3 aromatic heterocycles. The molecule has 0 atom stereocenters. The van der Waals surface area contributed by atoms with Crippen molar-refractivity contribution < 1.29 is 4.42 Å². The minimum atomic E-state index is 0.595. The Balaban J connectivity index is 1.10. The van der Waals surface area contributed by atoms with Crippen molar-refractivity contribution in [2.24, 2.45) is 0 Å². The number of furan rings is 1. The third kappa shape index (κ3) is 5.48. The van der Waals surface area contributed by atoms with Gasteiger partial charge >= 0.3 is 0 Å². The van der Waals surface area contributed by atoms with E-state index in [0.717, 1.165) is 49.8 Å². The molecular weight excluding hydrogens is 703 g/mol. The summed E-state index contributed by atoms with van der Waals surface area (Å²) < 4.78 is 9.11. The quantitative estimate of drug-likeness (QED) is 0.171. The van der Waals surface area contributed by atoms with Crippen molar-refractivity contribution in [1.29, 1.82) is 0 Å². The van der Waals surface area contributed by atoms with Gasteiger partial charge in [-0.2, -0.15) is 0 Å². The molecule has 262 valence electrons. The van der Waals surface area contributed by atoms with Crippen LogP contribution in [0.15, 0.2) is 192 Å². The van der Waals surface area contributed by atoms with Crippen molar-refractivity contribution in [2.45, 2.75) is 0 Å². The number of thiophene rings is 1. The number of hydrogen-bond acceptors (Lipinski definition) is 5. The van der Waals surface area contributed by atoms with Crippen LogP contribution >= 0.6 is 11.3 Å². The first kappa shape index (κ1) is 32.2. The molecule has 56 heavy (non-hydrogen) atoms. The Labute approximate surface area is 327 Å². The molecule has 11 rings (SSSR count). The van der Waals surface area contributed by atoms with Gasteiger partial charge in [0.05, 0.1) is 0 Å². The SMILES string of the molecule is c1ccc(-c2ccc(-c3nc(-c4ccccc4)nc(-c4cccc5oc6ccc(-c7ccc(-c8ccccc8)c8sc9ccccc9c78)cc6c45)n3)cc2)cc1. The molecule has 3 heterocycles. The van der Waals surface area contributed by atoms with E-state index in [1.54, 1.807) is 0 Å². The largest absolute Gasteiger partial charge is 0.456 e. The fourth-order valence-electron chi connectivity index (χ4n) is 7.88. The van der Waals surface area contributed by atoms with Gasteiger partial charge in [0, 0.05) is 47.6 Å². The normalized spacial score (nSPS) is 11.6. The Morgan fingerprint density at radius 3 is 1.66 bits per heavy atom. The van der Waals surface area contributed by atoms with Crippen LogP contribution in [0.2, 0.25) is 0 Å². The van der Waals surface area contributed by atoms with Crippen LogP contribution in [-0.2, 0) is 0 Å². The van der Waals surface area contributed by atoms with Crippen molar-refractivity contribution >= 4 is 53.4 Å². The summed E-state index contributed by atoms with van der Waals surface area (Å²) in [4.78, 5) is 15.3. The maximum atomic E-state index is 6.54. The van der Waals surface area contributed by atoms with Gasteiger partial charge in [0.15, 0.2) is 17.5 Å². The van der Waals surface area contributed by atoms with Crippen molar-refractivity contribution in [2.75, 3.05) is 0 Å². The second-order valence-electron chi connectivity index (χ2n) is 13.9. The zero-order valence-corrected chi connectivity index (χ0v) is 30.9. The first-order chi connectivity index (χ1) is 27.7. The van der Waals surface area contributed by atoms with Gasteiger partial charge in [0.2, 0.25) is 0 Å². The Morgan fingerprint density at radius 1 is 0.339 bits per heavy atom. The van der Waals surface area contributed by atoms with Crippen LogP contribution in [0.25, 0.3) is 110 Å². The molecule has 5 heteroatoms. The minimum Gasteiger partial charge on any atom is -0.456 e. The van der Waals surface area contributed by atoms with Crippen molar-refractivity contribution in [3.63, 3.8) is 0 Å². The molecule has 4 nitrogen and oxygen atoms in total. The Bertz CT molecular complexity index is 3230. The minimum absolute atomic E-state index is 0.595. The van der Waals surface area contributed by atoms with Crippen LogP contribution < -0.4 is 0 Å². The maximum Gasteiger partial charge on any atom is 0.164 e. The van der Waals surface area contributed by atoms with Gasteiger partial charge in [-0.25, -0.2) is 15.0 Å². The number of aromatic nitrogens is 3. The lowest BCUT2D eigenvalue weighted by atomic mass is 9.94. The lowest BCUT2D eigenvalue weighted by Crippen LogP contribution is -2.00. The molecule has 0 aliphatic carbocycles. The monoisotopic (exact) mass is 733 g/mol. The average Bonchev–Trinajstić information content (AvgIpc) is 3.86. The smallest absolute Gasteiger partial charge is 0.164 e. The van der Waals surface area contributed by atoms with E-state index in [1.807, 2.05) is 59.9 Å². The molecule has 0 bridgehead atoms. The second kappa shape index (κ2) is 13.3.